The van der Waals surface area contributed by atoms with Gasteiger partial charge in [0.05, 0.1) is 6.54 Å². The first-order chi connectivity index (χ1) is 6.63. The van der Waals surface area contributed by atoms with Gasteiger partial charge in [0.2, 0.25) is 5.91 Å². The average molecular weight is 215 g/mol. The number of anilines is 1. The lowest BCUT2D eigenvalue weighted by molar-refractivity contribution is -0.116. The Kier molecular flexibility index (Phi) is 3.64. The number of halogens is 1. The van der Waals surface area contributed by atoms with Gasteiger partial charge in [0.25, 0.3) is 0 Å². The summed E-state index contributed by atoms with van der Waals surface area (Å²) >= 11 is 5.58. The number of carbonyl (C=O) groups excluding carboxylic acids is 1. The van der Waals surface area contributed by atoms with Gasteiger partial charge in [0.15, 0.2) is 11.0 Å². The summed E-state index contributed by atoms with van der Waals surface area (Å²) in [5, 5.41) is 7.84. The highest BCUT2D eigenvalue weighted by Gasteiger charge is 2.08. The fourth-order valence-corrected chi connectivity index (χ4v) is 1.12. The minimum atomic E-state index is -0.399. The van der Waals surface area contributed by atoms with Crippen LogP contribution in [-0.4, -0.2) is 29.2 Å². The van der Waals surface area contributed by atoms with Crippen LogP contribution in [0.15, 0.2) is 12.1 Å². The molecule has 0 spiro atoms. The number of hydrogen-bond acceptors (Lipinski definition) is 4. The van der Waals surface area contributed by atoms with Gasteiger partial charge in [-0.2, -0.15) is 0 Å². The van der Waals surface area contributed by atoms with Crippen LogP contribution in [-0.2, 0) is 4.79 Å². The molecule has 0 aromatic carbocycles. The summed E-state index contributed by atoms with van der Waals surface area (Å²) in [5.41, 5.74) is 5.08. The molecule has 76 valence electrons. The van der Waals surface area contributed by atoms with Gasteiger partial charge in [-0.1, -0.05) is 11.6 Å². The number of likely N-dealkylation sites (N-methyl/N-ethyl adjacent to an activating group) is 1. The van der Waals surface area contributed by atoms with Crippen molar-refractivity contribution in [3.8, 4) is 0 Å². The van der Waals surface area contributed by atoms with Gasteiger partial charge in [-0.25, -0.2) is 0 Å². The molecule has 1 aromatic rings. The fourth-order valence-electron chi connectivity index (χ4n) is 1.02. The third-order valence-electron chi connectivity index (χ3n) is 1.67. The lowest BCUT2D eigenvalue weighted by Crippen LogP contribution is -2.34. The highest BCUT2D eigenvalue weighted by Crippen LogP contribution is 2.10. The molecule has 0 aliphatic carbocycles. The molecule has 0 saturated carbocycles. The van der Waals surface area contributed by atoms with Crippen molar-refractivity contribution in [2.75, 3.05) is 18.0 Å². The van der Waals surface area contributed by atoms with Gasteiger partial charge >= 0.3 is 0 Å². The highest BCUT2D eigenvalue weighted by atomic mass is 35.5. The van der Waals surface area contributed by atoms with Crippen LogP contribution in [0, 0.1) is 0 Å². The number of primary amides is 1. The molecular formula is C8H11ClN4O. The maximum absolute atomic E-state index is 10.7. The fraction of sp³-hybridized carbons (Fsp3) is 0.375. The molecule has 0 saturated heterocycles. The van der Waals surface area contributed by atoms with Crippen LogP contribution >= 0.6 is 11.6 Å². The van der Waals surface area contributed by atoms with E-state index in [1.165, 1.54) is 0 Å². The molecular weight excluding hydrogens is 204 g/mol. The molecule has 0 atom stereocenters. The van der Waals surface area contributed by atoms with Crippen molar-refractivity contribution in [2.24, 2.45) is 5.73 Å². The Hall–Kier alpha value is -1.36. The second kappa shape index (κ2) is 4.76. The quantitative estimate of drug-likeness (QED) is 0.790. The van der Waals surface area contributed by atoms with E-state index in [4.69, 9.17) is 17.3 Å². The molecule has 0 bridgehead atoms. The van der Waals surface area contributed by atoms with E-state index in [1.54, 1.807) is 17.0 Å². The molecule has 1 heterocycles. The summed E-state index contributed by atoms with van der Waals surface area (Å²) in [6.07, 6.45) is 0. The summed E-state index contributed by atoms with van der Waals surface area (Å²) in [7, 11) is 0. The van der Waals surface area contributed by atoms with Crippen molar-refractivity contribution in [2.45, 2.75) is 6.92 Å². The average Bonchev–Trinajstić information content (AvgIpc) is 2.15. The standard InChI is InChI=1S/C8H11ClN4O/c1-2-13(5-7(10)14)8-4-3-6(9)11-12-8/h3-4H,2,5H2,1H3,(H2,10,14). The van der Waals surface area contributed by atoms with Gasteiger partial charge in [0.1, 0.15) is 0 Å². The van der Waals surface area contributed by atoms with Crippen molar-refractivity contribution >= 4 is 23.3 Å². The number of nitrogens with zero attached hydrogens (tertiary/aromatic N) is 3. The predicted molar refractivity (Wildman–Crippen MR) is 54.1 cm³/mol. The Labute approximate surface area is 86.9 Å². The van der Waals surface area contributed by atoms with Gasteiger partial charge in [-0.05, 0) is 19.1 Å². The summed E-state index contributed by atoms with van der Waals surface area (Å²) < 4.78 is 0. The topological polar surface area (TPSA) is 72.1 Å². The molecule has 0 aliphatic rings. The highest BCUT2D eigenvalue weighted by molar-refractivity contribution is 6.29. The van der Waals surface area contributed by atoms with Crippen molar-refractivity contribution < 1.29 is 4.79 Å². The predicted octanol–water partition coefficient (Wildman–Crippen LogP) is 0.442. The largest absolute Gasteiger partial charge is 0.368 e. The van der Waals surface area contributed by atoms with Crippen molar-refractivity contribution in [1.82, 2.24) is 10.2 Å². The van der Waals surface area contributed by atoms with E-state index >= 15 is 0 Å². The second-order valence-electron chi connectivity index (χ2n) is 2.69. The van der Waals surface area contributed by atoms with Gasteiger partial charge in [0, 0.05) is 6.54 Å². The molecule has 1 amide bonds. The molecule has 0 unspecified atom stereocenters. The van der Waals surface area contributed by atoms with Gasteiger partial charge in [-0.15, -0.1) is 10.2 Å². The van der Waals surface area contributed by atoms with E-state index in [1.807, 2.05) is 6.92 Å². The van der Waals surface area contributed by atoms with Crippen LogP contribution in [0.2, 0.25) is 5.15 Å². The number of hydrogen-bond donors (Lipinski definition) is 1. The number of carbonyl (C=O) groups is 1. The van der Waals surface area contributed by atoms with Crippen LogP contribution in [0.3, 0.4) is 0 Å². The first-order valence-corrected chi connectivity index (χ1v) is 4.53. The van der Waals surface area contributed by atoms with Crippen LogP contribution in [0.5, 0.6) is 0 Å². The maximum Gasteiger partial charge on any atom is 0.236 e. The molecule has 2 N–H and O–H groups in total. The summed E-state index contributed by atoms with van der Waals surface area (Å²) in [4.78, 5) is 12.4. The van der Waals surface area contributed by atoms with Crippen molar-refractivity contribution in [3.63, 3.8) is 0 Å². The Morgan fingerprint density at radius 3 is 2.71 bits per heavy atom. The lowest BCUT2D eigenvalue weighted by Gasteiger charge is -2.18. The zero-order valence-electron chi connectivity index (χ0n) is 7.77. The molecule has 6 heteroatoms. The third kappa shape index (κ3) is 2.85. The summed E-state index contributed by atoms with van der Waals surface area (Å²) in [5.74, 6) is 0.194. The monoisotopic (exact) mass is 214 g/mol. The van der Waals surface area contributed by atoms with Crippen LogP contribution in [0.25, 0.3) is 0 Å². The number of aromatic nitrogens is 2. The zero-order valence-corrected chi connectivity index (χ0v) is 8.53. The van der Waals surface area contributed by atoms with E-state index in [9.17, 15) is 4.79 Å². The van der Waals surface area contributed by atoms with Gasteiger partial charge in [-0.3, -0.25) is 4.79 Å². The smallest absolute Gasteiger partial charge is 0.236 e. The van der Waals surface area contributed by atoms with E-state index in [2.05, 4.69) is 10.2 Å². The minimum Gasteiger partial charge on any atom is -0.368 e. The Morgan fingerprint density at radius 1 is 1.57 bits per heavy atom. The van der Waals surface area contributed by atoms with Crippen LogP contribution in [0.4, 0.5) is 5.82 Å². The van der Waals surface area contributed by atoms with E-state index in [0.29, 0.717) is 17.5 Å². The zero-order chi connectivity index (χ0) is 10.6. The maximum atomic E-state index is 10.7. The molecule has 1 rings (SSSR count). The van der Waals surface area contributed by atoms with E-state index in [-0.39, 0.29) is 6.54 Å². The van der Waals surface area contributed by atoms with Crippen LogP contribution in [0.1, 0.15) is 6.92 Å². The molecule has 1 aromatic heterocycles. The first kappa shape index (κ1) is 10.7. The van der Waals surface area contributed by atoms with E-state index in [0.717, 1.165) is 0 Å². The summed E-state index contributed by atoms with van der Waals surface area (Å²) in [6.45, 7) is 2.67. The van der Waals surface area contributed by atoms with E-state index < -0.39 is 5.91 Å². The Balaban J connectivity index is 2.78. The minimum absolute atomic E-state index is 0.132. The lowest BCUT2D eigenvalue weighted by atomic mass is 10.4. The number of rotatable bonds is 4. The van der Waals surface area contributed by atoms with Gasteiger partial charge < -0.3 is 10.6 Å². The molecule has 14 heavy (non-hydrogen) atoms. The Morgan fingerprint density at radius 2 is 2.29 bits per heavy atom. The molecule has 0 radical (unpaired) electrons. The Bertz CT molecular complexity index is 314. The second-order valence-corrected chi connectivity index (χ2v) is 3.08. The number of nitrogens with two attached hydrogens (primary N) is 1. The van der Waals surface area contributed by atoms with Crippen molar-refractivity contribution in [3.05, 3.63) is 17.3 Å². The molecule has 0 aliphatic heterocycles. The SMILES string of the molecule is CCN(CC(N)=O)c1ccc(Cl)nn1. The molecule has 0 fully saturated rings. The summed E-state index contributed by atoms with van der Waals surface area (Å²) in [6, 6.07) is 3.31. The van der Waals surface area contributed by atoms with Crippen molar-refractivity contribution in [1.29, 1.82) is 0 Å². The normalized spacial score (nSPS) is 9.86. The van der Waals surface area contributed by atoms with Crippen LogP contribution < -0.4 is 10.6 Å². The molecule has 5 nitrogen and oxygen atoms in total. The first-order valence-electron chi connectivity index (χ1n) is 4.16. The number of amides is 1. The third-order valence-corrected chi connectivity index (χ3v) is 1.87.